The molecule has 0 fully saturated rings. The lowest BCUT2D eigenvalue weighted by Gasteiger charge is -2.09. The van der Waals surface area contributed by atoms with Crippen LogP contribution in [0.3, 0.4) is 0 Å². The zero-order valence-corrected chi connectivity index (χ0v) is 8.45. The number of nitrogens with zero attached hydrogens (tertiary/aromatic N) is 1. The summed E-state index contributed by atoms with van der Waals surface area (Å²) in [5.41, 5.74) is 0.907. The molecule has 74 valence electrons. The van der Waals surface area contributed by atoms with Crippen LogP contribution in [0.5, 0.6) is 5.75 Å². The van der Waals surface area contributed by atoms with E-state index in [1.165, 1.54) is 0 Å². The highest BCUT2D eigenvalue weighted by Gasteiger charge is 2.00. The molecular formula is C11H14N2O. The van der Waals surface area contributed by atoms with Crippen LogP contribution in [0, 0.1) is 11.3 Å². The summed E-state index contributed by atoms with van der Waals surface area (Å²) in [6.45, 7) is 4.41. The van der Waals surface area contributed by atoms with Gasteiger partial charge >= 0.3 is 0 Å². The van der Waals surface area contributed by atoms with E-state index in [0.29, 0.717) is 6.61 Å². The Morgan fingerprint density at radius 2 is 2.36 bits per heavy atom. The van der Waals surface area contributed by atoms with Crippen LogP contribution in [0.15, 0.2) is 24.3 Å². The van der Waals surface area contributed by atoms with Crippen molar-refractivity contribution in [2.45, 2.75) is 19.9 Å². The number of hydrogen-bond acceptors (Lipinski definition) is 3. The Hall–Kier alpha value is -1.69. The van der Waals surface area contributed by atoms with Crippen LogP contribution in [0.2, 0.25) is 0 Å². The Kier molecular flexibility index (Phi) is 3.81. The zero-order chi connectivity index (χ0) is 10.4. The van der Waals surface area contributed by atoms with Crippen molar-refractivity contribution < 1.29 is 4.74 Å². The van der Waals surface area contributed by atoms with Gasteiger partial charge < -0.3 is 10.1 Å². The second kappa shape index (κ2) is 5.13. The van der Waals surface area contributed by atoms with Crippen LogP contribution in [0.1, 0.15) is 13.8 Å². The molecule has 1 N–H and O–H groups in total. The fourth-order valence-electron chi connectivity index (χ4n) is 1.12. The van der Waals surface area contributed by atoms with E-state index in [4.69, 9.17) is 10.00 Å². The molecule has 0 heterocycles. The van der Waals surface area contributed by atoms with Gasteiger partial charge in [0.05, 0.1) is 12.7 Å². The van der Waals surface area contributed by atoms with Crippen molar-refractivity contribution in [1.82, 2.24) is 0 Å². The summed E-state index contributed by atoms with van der Waals surface area (Å²) < 4.78 is 5.34. The molecule has 3 nitrogen and oxygen atoms in total. The van der Waals surface area contributed by atoms with Crippen molar-refractivity contribution in [3.05, 3.63) is 24.3 Å². The van der Waals surface area contributed by atoms with Gasteiger partial charge in [-0.1, -0.05) is 6.07 Å². The molecule has 1 aromatic carbocycles. The van der Waals surface area contributed by atoms with Crippen LogP contribution in [0.25, 0.3) is 0 Å². The Labute approximate surface area is 84.3 Å². The van der Waals surface area contributed by atoms with Gasteiger partial charge in [-0.05, 0) is 26.0 Å². The number of nitriles is 1. The second-order valence-corrected chi connectivity index (χ2v) is 2.96. The standard InChI is InChI=1S/C11H14N2O/c1-3-14-11-6-4-5-10(7-11)13-9(2)8-12/h4-7,9,13H,3H2,1-2H3. The van der Waals surface area contributed by atoms with Gasteiger partial charge in [0, 0.05) is 11.8 Å². The third-order valence-electron chi connectivity index (χ3n) is 1.72. The van der Waals surface area contributed by atoms with Crippen LogP contribution in [0.4, 0.5) is 5.69 Å². The molecule has 1 atom stereocenters. The third-order valence-corrected chi connectivity index (χ3v) is 1.72. The predicted molar refractivity (Wildman–Crippen MR) is 56.3 cm³/mol. The molecule has 0 radical (unpaired) electrons. The highest BCUT2D eigenvalue weighted by molar-refractivity contribution is 5.49. The van der Waals surface area contributed by atoms with Gasteiger partial charge in [-0.3, -0.25) is 0 Å². The fraction of sp³-hybridized carbons (Fsp3) is 0.364. The SMILES string of the molecule is CCOc1cccc(NC(C)C#N)c1. The van der Waals surface area contributed by atoms with E-state index >= 15 is 0 Å². The van der Waals surface area contributed by atoms with Gasteiger partial charge in [0.15, 0.2) is 0 Å². The first-order valence-electron chi connectivity index (χ1n) is 4.65. The van der Waals surface area contributed by atoms with Crippen LogP contribution < -0.4 is 10.1 Å². The molecular weight excluding hydrogens is 176 g/mol. The third kappa shape index (κ3) is 2.98. The number of anilines is 1. The van der Waals surface area contributed by atoms with Gasteiger partial charge in [0.25, 0.3) is 0 Å². The van der Waals surface area contributed by atoms with Gasteiger partial charge in [-0.15, -0.1) is 0 Å². The van der Waals surface area contributed by atoms with Gasteiger partial charge in [-0.25, -0.2) is 0 Å². The molecule has 0 aliphatic rings. The van der Waals surface area contributed by atoms with Crippen molar-refractivity contribution >= 4 is 5.69 Å². The number of hydrogen-bond donors (Lipinski definition) is 1. The topological polar surface area (TPSA) is 45.0 Å². The zero-order valence-electron chi connectivity index (χ0n) is 8.45. The molecule has 0 aliphatic carbocycles. The maximum atomic E-state index is 8.63. The average Bonchev–Trinajstić information content (AvgIpc) is 2.19. The summed E-state index contributed by atoms with van der Waals surface area (Å²) in [4.78, 5) is 0. The van der Waals surface area contributed by atoms with E-state index in [-0.39, 0.29) is 6.04 Å². The van der Waals surface area contributed by atoms with Crippen molar-refractivity contribution in [3.8, 4) is 11.8 Å². The molecule has 0 spiro atoms. The van der Waals surface area contributed by atoms with Crippen molar-refractivity contribution in [2.75, 3.05) is 11.9 Å². The first-order valence-corrected chi connectivity index (χ1v) is 4.65. The molecule has 0 aromatic heterocycles. The van der Waals surface area contributed by atoms with E-state index in [0.717, 1.165) is 11.4 Å². The van der Waals surface area contributed by atoms with Crippen LogP contribution in [-0.4, -0.2) is 12.6 Å². The lowest BCUT2D eigenvalue weighted by atomic mass is 10.2. The quantitative estimate of drug-likeness (QED) is 0.793. The van der Waals surface area contributed by atoms with Crippen molar-refractivity contribution in [2.24, 2.45) is 0 Å². The lowest BCUT2D eigenvalue weighted by Crippen LogP contribution is -2.11. The summed E-state index contributed by atoms with van der Waals surface area (Å²) >= 11 is 0. The molecule has 0 saturated carbocycles. The number of rotatable bonds is 4. The monoisotopic (exact) mass is 190 g/mol. The molecule has 14 heavy (non-hydrogen) atoms. The average molecular weight is 190 g/mol. The fourth-order valence-corrected chi connectivity index (χ4v) is 1.12. The lowest BCUT2D eigenvalue weighted by molar-refractivity contribution is 0.340. The minimum atomic E-state index is -0.188. The minimum absolute atomic E-state index is 0.188. The van der Waals surface area contributed by atoms with E-state index < -0.39 is 0 Å². The molecule has 0 amide bonds. The summed E-state index contributed by atoms with van der Waals surface area (Å²) in [5.74, 6) is 0.822. The predicted octanol–water partition coefficient (Wildman–Crippen LogP) is 2.41. The summed E-state index contributed by atoms with van der Waals surface area (Å²) in [6.07, 6.45) is 0. The van der Waals surface area contributed by atoms with Crippen LogP contribution >= 0.6 is 0 Å². The Bertz CT molecular complexity index is 330. The van der Waals surface area contributed by atoms with E-state index in [2.05, 4.69) is 11.4 Å². The van der Waals surface area contributed by atoms with Gasteiger partial charge in [0.2, 0.25) is 0 Å². The Morgan fingerprint density at radius 1 is 1.57 bits per heavy atom. The number of ether oxygens (including phenoxy) is 1. The second-order valence-electron chi connectivity index (χ2n) is 2.96. The minimum Gasteiger partial charge on any atom is -0.494 e. The van der Waals surface area contributed by atoms with Gasteiger partial charge in [0.1, 0.15) is 11.8 Å². The maximum Gasteiger partial charge on any atom is 0.121 e. The Balaban J connectivity index is 2.69. The molecule has 1 rings (SSSR count). The van der Waals surface area contributed by atoms with E-state index in [1.807, 2.05) is 38.1 Å². The summed E-state index contributed by atoms with van der Waals surface area (Å²) in [5, 5.41) is 11.7. The van der Waals surface area contributed by atoms with E-state index in [1.54, 1.807) is 0 Å². The largest absolute Gasteiger partial charge is 0.494 e. The first-order chi connectivity index (χ1) is 6.76. The van der Waals surface area contributed by atoms with E-state index in [9.17, 15) is 0 Å². The summed E-state index contributed by atoms with van der Waals surface area (Å²) in [6, 6.07) is 9.52. The molecule has 0 saturated heterocycles. The normalized spacial score (nSPS) is 11.5. The van der Waals surface area contributed by atoms with Crippen LogP contribution in [-0.2, 0) is 0 Å². The van der Waals surface area contributed by atoms with Crippen molar-refractivity contribution in [1.29, 1.82) is 5.26 Å². The van der Waals surface area contributed by atoms with Crippen molar-refractivity contribution in [3.63, 3.8) is 0 Å². The Morgan fingerprint density at radius 3 is 3.00 bits per heavy atom. The molecule has 0 aliphatic heterocycles. The molecule has 0 bridgehead atoms. The number of nitrogens with one attached hydrogen (secondary N) is 1. The smallest absolute Gasteiger partial charge is 0.121 e. The highest BCUT2D eigenvalue weighted by atomic mass is 16.5. The highest BCUT2D eigenvalue weighted by Crippen LogP contribution is 2.17. The van der Waals surface area contributed by atoms with Gasteiger partial charge in [-0.2, -0.15) is 5.26 Å². The number of benzene rings is 1. The molecule has 1 unspecified atom stereocenters. The molecule has 3 heteroatoms. The maximum absolute atomic E-state index is 8.63. The summed E-state index contributed by atoms with van der Waals surface area (Å²) in [7, 11) is 0. The molecule has 1 aromatic rings. The first kappa shape index (κ1) is 10.4.